The molecule has 9 aromatic rings. The van der Waals surface area contributed by atoms with E-state index in [1.54, 1.807) is 6.20 Å². The van der Waals surface area contributed by atoms with Crippen molar-refractivity contribution in [1.82, 2.24) is 54.7 Å². The van der Waals surface area contributed by atoms with E-state index in [-0.39, 0.29) is 0 Å². The van der Waals surface area contributed by atoms with Crippen LogP contribution in [0.4, 0.5) is 63.6 Å². The first-order valence-corrected chi connectivity index (χ1v) is 31.3. The van der Waals surface area contributed by atoms with Crippen molar-refractivity contribution >= 4 is 150 Å². The molecule has 462 valence electrons. The molecule has 0 amide bonds. The Labute approximate surface area is 555 Å². The maximum Gasteiger partial charge on any atom is 0.227 e. The highest BCUT2D eigenvalue weighted by atomic mass is 35.5. The van der Waals surface area contributed by atoms with Crippen molar-refractivity contribution in [2.75, 3.05) is 111 Å². The highest BCUT2D eigenvalue weighted by Crippen LogP contribution is 2.39. The van der Waals surface area contributed by atoms with Crippen molar-refractivity contribution in [3.8, 4) is 33.8 Å². The van der Waals surface area contributed by atoms with E-state index in [0.29, 0.717) is 62.2 Å². The summed E-state index contributed by atoms with van der Waals surface area (Å²) < 4.78 is 0. The number of aryl methyl sites for hydroxylation is 2. The molecule has 0 spiro atoms. The lowest BCUT2D eigenvalue weighted by Gasteiger charge is -2.19. The number of aromatic nitrogens is 9. The monoisotopic (exact) mass is 1320 g/mol. The topological polar surface area (TPSA) is 201 Å². The number of benzene rings is 3. The van der Waals surface area contributed by atoms with Gasteiger partial charge in [0.1, 0.15) is 11.6 Å². The van der Waals surface area contributed by atoms with E-state index in [4.69, 9.17) is 86.4 Å². The molecule has 0 fully saturated rings. The maximum atomic E-state index is 6.18. The van der Waals surface area contributed by atoms with Gasteiger partial charge in [0.15, 0.2) is 0 Å². The van der Waals surface area contributed by atoms with E-state index in [9.17, 15) is 0 Å². The predicted octanol–water partition coefficient (Wildman–Crippen LogP) is 13.9. The van der Waals surface area contributed by atoms with Gasteiger partial charge in [0.05, 0.1) is 66.7 Å². The fourth-order valence-electron chi connectivity index (χ4n) is 9.99. The molecule has 0 saturated carbocycles. The second-order valence-corrected chi connectivity index (χ2v) is 25.3. The van der Waals surface area contributed by atoms with Gasteiger partial charge in [-0.15, -0.1) is 0 Å². The molecule has 6 aromatic heterocycles. The van der Waals surface area contributed by atoms with E-state index < -0.39 is 0 Å². The minimum atomic E-state index is 0.506. The smallest absolute Gasteiger partial charge is 0.227 e. The third kappa shape index (κ3) is 16.6. The van der Waals surface area contributed by atoms with Crippen molar-refractivity contribution in [1.29, 1.82) is 0 Å². The minimum absolute atomic E-state index is 0.506. The molecule has 0 unspecified atom stereocenters. The Balaban J connectivity index is 0.000000149. The summed E-state index contributed by atoms with van der Waals surface area (Å²) >= 11 is 34.9. The number of nitrogens with one attached hydrogen (secondary N) is 6. The second-order valence-electron chi connectivity index (χ2n) is 22.5. The molecule has 3 aromatic carbocycles. The summed E-state index contributed by atoms with van der Waals surface area (Å²) in [4.78, 5) is 52.2. The van der Waals surface area contributed by atoms with Crippen molar-refractivity contribution in [3.63, 3.8) is 0 Å². The molecule has 0 atom stereocenters. The molecule has 3 aliphatic rings. The van der Waals surface area contributed by atoms with Gasteiger partial charge in [0.25, 0.3) is 0 Å². The molecule has 0 bridgehead atoms. The van der Waals surface area contributed by atoms with E-state index >= 15 is 0 Å². The first-order chi connectivity index (χ1) is 43.2. The van der Waals surface area contributed by atoms with Gasteiger partial charge < -0.3 is 51.5 Å². The first-order valence-electron chi connectivity index (χ1n) is 28.9. The van der Waals surface area contributed by atoms with Crippen LogP contribution >= 0.6 is 71.5 Å². The third-order valence-corrected chi connectivity index (χ3v) is 16.1. The lowest BCUT2D eigenvalue weighted by atomic mass is 10.1. The van der Waals surface area contributed by atoms with E-state index in [1.807, 2.05) is 136 Å². The van der Waals surface area contributed by atoms with Gasteiger partial charge in [0, 0.05) is 144 Å². The number of likely N-dealkylation sites (N-methyl/N-ethyl adjacent to an activating group) is 1. The number of nitrogens with zero attached hydrogens (tertiary/aromatic N) is 13. The summed E-state index contributed by atoms with van der Waals surface area (Å²) in [6.45, 7) is 6.89. The van der Waals surface area contributed by atoms with Gasteiger partial charge in [-0.3, -0.25) is 4.98 Å². The molecule has 0 aliphatic carbocycles. The summed E-state index contributed by atoms with van der Waals surface area (Å²) in [5.41, 5.74) is 16.4. The van der Waals surface area contributed by atoms with Gasteiger partial charge in [-0.1, -0.05) is 71.5 Å². The van der Waals surface area contributed by atoms with Crippen LogP contribution in [0.15, 0.2) is 116 Å². The Morgan fingerprint density at radius 2 is 0.922 bits per heavy atom. The number of pyridine rings is 3. The third-order valence-electron chi connectivity index (χ3n) is 14.7. The first kappa shape index (κ1) is 64.8. The van der Waals surface area contributed by atoms with Gasteiger partial charge in [-0.05, 0) is 152 Å². The normalized spacial score (nSPS) is 12.6. The number of halogens is 3. The average Bonchev–Trinajstić information content (AvgIpc) is 1.70. The zero-order valence-electron chi connectivity index (χ0n) is 51.3. The van der Waals surface area contributed by atoms with E-state index in [1.165, 1.54) is 5.56 Å². The summed E-state index contributed by atoms with van der Waals surface area (Å²) in [7, 11) is 14.3. The van der Waals surface area contributed by atoms with Crippen molar-refractivity contribution in [2.24, 2.45) is 0 Å². The quantitative estimate of drug-likeness (QED) is 0.0529. The molecule has 0 radical (unpaired) electrons. The van der Waals surface area contributed by atoms with Crippen LogP contribution in [0.3, 0.4) is 0 Å². The molecule has 90 heavy (non-hydrogen) atoms. The Morgan fingerprint density at radius 3 is 1.37 bits per heavy atom. The fraction of sp³-hybridized carbons (Fsp3) is 0.262. The Bertz CT molecular complexity index is 4150. The Hall–Kier alpha value is -8.19. The van der Waals surface area contributed by atoms with Crippen LogP contribution in [0.1, 0.15) is 40.1 Å². The second kappa shape index (κ2) is 29.2. The van der Waals surface area contributed by atoms with Gasteiger partial charge in [-0.25, -0.2) is 39.9 Å². The zero-order chi connectivity index (χ0) is 63.8. The fourth-order valence-corrected chi connectivity index (χ4v) is 11.3. The molecular formula is C65H68Cl3N19S3. The van der Waals surface area contributed by atoms with Crippen LogP contribution in [0.5, 0.6) is 0 Å². The Kier molecular flexibility index (Phi) is 21.0. The standard InChI is InChI=1S/C23H26ClN7S.C22H23ClN6S.C20H19ClN6S/c1-30(2)9-4-10-31(3)20-8-6-17(14-25-20)27-23-26-13-15-11-21(32)28-19-12-16(24)5-7-18(19)22(15)29-23;1-13-18(8-14(11-24-13)6-7-29(2)3)27-22-25-12-15-9-20(30)26-19-10-16(23)4-5-17(19)21(15)28-22;1-11-15(6-7-17(23-11)27(2)3)25-20-22-10-12-8-18(28)24-16-9-13(21)4-5-14(16)19(12)26-20/h5-8,12-14H,4,9-11H2,1-3H3,(H,28,32)(H,26,27,29);4-5,8,10-12H,6-7,9H2,1-3H3,(H,26,30)(H,25,27,28);4-7,9-10H,8H2,1-3H3,(H,24,28)(H,22,25,26). The van der Waals surface area contributed by atoms with Gasteiger partial charge >= 0.3 is 0 Å². The molecule has 3 aliphatic heterocycles. The van der Waals surface area contributed by atoms with Crippen LogP contribution in [0.2, 0.25) is 15.1 Å². The number of fused-ring (bicyclic) bond motifs is 9. The van der Waals surface area contributed by atoms with E-state index in [0.717, 1.165) is 145 Å². The highest BCUT2D eigenvalue weighted by molar-refractivity contribution is 7.81. The number of hydrogen-bond donors (Lipinski definition) is 6. The van der Waals surface area contributed by atoms with Crippen LogP contribution in [-0.4, -0.2) is 139 Å². The number of thiocarbonyl (C=S) groups is 3. The summed E-state index contributed by atoms with van der Waals surface area (Å²) in [6, 6.07) is 27.1. The van der Waals surface area contributed by atoms with Gasteiger partial charge in [0.2, 0.25) is 17.8 Å². The van der Waals surface area contributed by atoms with Crippen molar-refractivity contribution < 1.29 is 0 Å². The maximum absolute atomic E-state index is 6.18. The van der Waals surface area contributed by atoms with Crippen LogP contribution in [0, 0.1) is 13.8 Å². The SMILES string of the molecule is CN(C)CCCN(C)c1ccc(Nc2ncc3c(n2)-c2ccc(Cl)cc2NC(=S)C3)cn1.Cc1nc(N(C)C)ccc1Nc1ncc2c(n1)-c1ccc(Cl)cc1NC(=S)C2.Cc1ncc(CCN(C)C)cc1Nc1ncc2c(n1)-c1ccc(Cl)cc1NC(=S)C2. The molecule has 25 heteroatoms. The minimum Gasteiger partial charge on any atom is -0.363 e. The number of hydrogen-bond acceptors (Lipinski definition) is 19. The average molecular weight is 1320 g/mol. The van der Waals surface area contributed by atoms with Crippen LogP contribution in [0.25, 0.3) is 33.8 Å². The summed E-state index contributed by atoms with van der Waals surface area (Å²) in [5.74, 6) is 3.37. The molecule has 12 rings (SSSR count). The molecule has 9 heterocycles. The Morgan fingerprint density at radius 1 is 0.456 bits per heavy atom. The molecular weight excluding hydrogens is 1250 g/mol. The lowest BCUT2D eigenvalue weighted by Crippen LogP contribution is -2.23. The van der Waals surface area contributed by atoms with Crippen molar-refractivity contribution in [2.45, 2.75) is 46.0 Å². The summed E-state index contributed by atoms with van der Waals surface area (Å²) in [5, 5.41) is 21.6. The largest absolute Gasteiger partial charge is 0.363 e. The van der Waals surface area contributed by atoms with Crippen LogP contribution in [-0.2, 0) is 25.7 Å². The van der Waals surface area contributed by atoms with Crippen LogP contribution < -0.4 is 41.7 Å². The lowest BCUT2D eigenvalue weighted by molar-refractivity contribution is 0.401. The molecule has 0 saturated heterocycles. The molecule has 6 N–H and O–H groups in total. The highest BCUT2D eigenvalue weighted by Gasteiger charge is 2.24. The summed E-state index contributed by atoms with van der Waals surface area (Å²) in [6.07, 6.45) is 13.0. The van der Waals surface area contributed by atoms with E-state index in [2.05, 4.69) is 118 Å². The van der Waals surface area contributed by atoms with Gasteiger partial charge in [-0.2, -0.15) is 0 Å². The predicted molar refractivity (Wildman–Crippen MR) is 382 cm³/mol. The van der Waals surface area contributed by atoms with Crippen molar-refractivity contribution in [3.05, 3.63) is 165 Å². The number of rotatable bonds is 15. The zero-order valence-corrected chi connectivity index (χ0v) is 56.0. The number of anilines is 11. The molecule has 19 nitrogen and oxygen atoms in total.